The van der Waals surface area contributed by atoms with Crippen LogP contribution >= 0.6 is 15.9 Å². The van der Waals surface area contributed by atoms with Gasteiger partial charge in [-0.05, 0) is 42.8 Å². The van der Waals surface area contributed by atoms with E-state index in [0.29, 0.717) is 22.4 Å². The number of amides is 1. The molecule has 0 aliphatic rings. The van der Waals surface area contributed by atoms with Crippen LogP contribution in [0.1, 0.15) is 47.0 Å². The third kappa shape index (κ3) is 6.82. The lowest BCUT2D eigenvalue weighted by Crippen LogP contribution is -2.31. The van der Waals surface area contributed by atoms with Crippen LogP contribution in [0.4, 0.5) is 11.4 Å². The summed E-state index contributed by atoms with van der Waals surface area (Å²) in [5, 5.41) is 14.0. The molecule has 0 fully saturated rings. The van der Waals surface area contributed by atoms with Gasteiger partial charge in [-0.2, -0.15) is 0 Å². The maximum atomic E-state index is 13.4. The van der Waals surface area contributed by atoms with Crippen molar-refractivity contribution in [2.45, 2.75) is 17.9 Å². The van der Waals surface area contributed by atoms with E-state index in [9.17, 15) is 24.5 Å². The minimum atomic E-state index is -1.34. The Kier molecular flexibility index (Phi) is 8.63. The molecule has 4 rings (SSSR count). The molecule has 0 saturated carbocycles. The molecule has 1 amide bonds. The van der Waals surface area contributed by atoms with E-state index < -0.39 is 27.6 Å². The minimum absolute atomic E-state index is 0.113. The lowest BCUT2D eigenvalue weighted by atomic mass is 9.99. The topological polar surface area (TPSA) is 116 Å². The van der Waals surface area contributed by atoms with E-state index in [1.54, 1.807) is 66.7 Å². The van der Waals surface area contributed by atoms with Gasteiger partial charge in [0.2, 0.25) is 5.78 Å². The Morgan fingerprint density at radius 3 is 2.21 bits per heavy atom. The van der Waals surface area contributed by atoms with E-state index in [-0.39, 0.29) is 17.2 Å². The number of aryl methyl sites for hydroxylation is 1. The zero-order valence-corrected chi connectivity index (χ0v) is 22.3. The van der Waals surface area contributed by atoms with Gasteiger partial charge in [-0.25, -0.2) is 4.79 Å². The number of halogens is 1. The number of Topliss-reactive ketones (excluding diaryl/α,β-unsaturated/α-hetero) is 1. The summed E-state index contributed by atoms with van der Waals surface area (Å²) < 4.78 is 5.71. The van der Waals surface area contributed by atoms with Crippen molar-refractivity contribution in [2.75, 3.05) is 5.32 Å². The number of nitro benzene ring substituents is 1. The van der Waals surface area contributed by atoms with Crippen molar-refractivity contribution in [3.63, 3.8) is 0 Å². The molecule has 9 heteroatoms. The van der Waals surface area contributed by atoms with Crippen molar-refractivity contribution < 1.29 is 24.0 Å². The van der Waals surface area contributed by atoms with Crippen LogP contribution in [0.3, 0.4) is 0 Å². The quantitative estimate of drug-likeness (QED) is 0.0766. The number of carbonyl (C=O) groups is 3. The Labute approximate surface area is 232 Å². The molecule has 0 aliphatic heterocycles. The average molecular weight is 587 g/mol. The monoisotopic (exact) mass is 586 g/mol. The lowest BCUT2D eigenvalue weighted by molar-refractivity contribution is -0.384. The van der Waals surface area contributed by atoms with E-state index in [0.717, 1.165) is 5.56 Å². The number of nitrogens with one attached hydrogen (secondary N) is 1. The molecule has 0 saturated heterocycles. The number of hydrogen-bond donors (Lipinski definition) is 1. The minimum Gasteiger partial charge on any atom is -0.449 e. The molecule has 0 heterocycles. The normalized spacial score (nSPS) is 12.2. The van der Waals surface area contributed by atoms with Gasteiger partial charge in [-0.3, -0.25) is 19.7 Å². The molecule has 0 aromatic heterocycles. The Morgan fingerprint density at radius 1 is 0.821 bits per heavy atom. The van der Waals surface area contributed by atoms with Crippen LogP contribution in [0.2, 0.25) is 0 Å². The van der Waals surface area contributed by atoms with Crippen LogP contribution in [-0.2, 0) is 4.74 Å². The van der Waals surface area contributed by atoms with Crippen LogP contribution in [0, 0.1) is 17.0 Å². The summed E-state index contributed by atoms with van der Waals surface area (Å²) in [7, 11) is 0. The molecule has 1 N–H and O–H groups in total. The van der Waals surface area contributed by atoms with Crippen molar-refractivity contribution in [3.8, 4) is 0 Å². The number of hydrogen-bond acceptors (Lipinski definition) is 6. The summed E-state index contributed by atoms with van der Waals surface area (Å²) in [6, 6.07) is 27.3. The highest BCUT2D eigenvalue weighted by Gasteiger charge is 2.33. The summed E-state index contributed by atoms with van der Waals surface area (Å²) in [5.74, 6) is -1.63. The van der Waals surface area contributed by atoms with E-state index >= 15 is 0 Å². The van der Waals surface area contributed by atoms with Gasteiger partial charge >= 0.3 is 5.97 Å². The molecular formula is C30H23BrN2O6. The van der Waals surface area contributed by atoms with Gasteiger partial charge in [0.05, 0.1) is 15.3 Å². The van der Waals surface area contributed by atoms with Crippen molar-refractivity contribution in [2.24, 2.45) is 0 Å². The Balaban J connectivity index is 1.60. The molecule has 0 unspecified atom stereocenters. The molecule has 2 atom stereocenters. The third-order valence-electron chi connectivity index (χ3n) is 5.85. The number of rotatable bonds is 9. The van der Waals surface area contributed by atoms with Gasteiger partial charge < -0.3 is 10.1 Å². The number of nitro groups is 1. The number of ketones is 1. The predicted molar refractivity (Wildman–Crippen MR) is 150 cm³/mol. The summed E-state index contributed by atoms with van der Waals surface area (Å²) in [4.78, 5) is 49.2. The number of anilines is 1. The fourth-order valence-corrected chi connectivity index (χ4v) is 4.53. The first kappa shape index (κ1) is 27.4. The summed E-state index contributed by atoms with van der Waals surface area (Å²) in [6.45, 7) is 1.88. The molecule has 4 aromatic rings. The van der Waals surface area contributed by atoms with E-state index in [2.05, 4.69) is 21.2 Å². The second-order valence-corrected chi connectivity index (χ2v) is 9.70. The van der Waals surface area contributed by atoms with Crippen LogP contribution in [0.5, 0.6) is 0 Å². The third-order valence-corrected chi connectivity index (χ3v) is 6.86. The van der Waals surface area contributed by atoms with E-state index in [1.807, 2.05) is 13.0 Å². The molecule has 39 heavy (non-hydrogen) atoms. The number of benzene rings is 4. The fraction of sp³-hybridized carbons (Fsp3) is 0.100. The highest BCUT2D eigenvalue weighted by molar-refractivity contribution is 9.09. The number of nitrogens with zero attached hydrogens (tertiary/aromatic N) is 1. The molecule has 0 radical (unpaired) electrons. The van der Waals surface area contributed by atoms with E-state index in [1.165, 1.54) is 30.3 Å². The molecule has 0 bridgehead atoms. The SMILES string of the molecule is Cc1cccc(C(=O)Nc2cccc(C(=O)O[C@H](C(=O)c3ccccc3)[C@@H](Br)c3cccc([N+](=O)[O-])c3)c2)c1. The summed E-state index contributed by atoms with van der Waals surface area (Å²) >= 11 is 3.44. The van der Waals surface area contributed by atoms with Crippen molar-refractivity contribution in [3.05, 3.63) is 141 Å². The summed E-state index contributed by atoms with van der Waals surface area (Å²) in [5.41, 5.74) is 2.43. The maximum absolute atomic E-state index is 13.4. The number of alkyl halides is 1. The number of ether oxygens (including phenoxy) is 1. The van der Waals surface area contributed by atoms with Crippen LogP contribution in [-0.4, -0.2) is 28.7 Å². The summed E-state index contributed by atoms with van der Waals surface area (Å²) in [6.07, 6.45) is -1.34. The molecule has 8 nitrogen and oxygen atoms in total. The van der Waals surface area contributed by atoms with Crippen molar-refractivity contribution in [1.29, 1.82) is 0 Å². The number of carbonyl (C=O) groups excluding carboxylic acids is 3. The second-order valence-electron chi connectivity index (χ2n) is 8.71. The predicted octanol–water partition coefficient (Wildman–Crippen LogP) is 6.70. The Hall–Kier alpha value is -4.63. The first-order valence-electron chi connectivity index (χ1n) is 11.9. The zero-order chi connectivity index (χ0) is 27.9. The zero-order valence-electron chi connectivity index (χ0n) is 20.7. The first-order chi connectivity index (χ1) is 18.7. The lowest BCUT2D eigenvalue weighted by Gasteiger charge is -2.22. The smallest absolute Gasteiger partial charge is 0.338 e. The number of esters is 1. The van der Waals surface area contributed by atoms with Crippen molar-refractivity contribution in [1.82, 2.24) is 0 Å². The van der Waals surface area contributed by atoms with Gasteiger partial charge in [-0.1, -0.05) is 82.2 Å². The Morgan fingerprint density at radius 2 is 1.49 bits per heavy atom. The largest absolute Gasteiger partial charge is 0.449 e. The van der Waals surface area contributed by atoms with Gasteiger partial charge in [0.15, 0.2) is 6.10 Å². The average Bonchev–Trinajstić information content (AvgIpc) is 2.95. The molecule has 196 valence electrons. The molecule has 4 aromatic carbocycles. The number of non-ortho nitro benzene ring substituents is 1. The van der Waals surface area contributed by atoms with E-state index in [4.69, 9.17) is 4.74 Å². The second kappa shape index (κ2) is 12.3. The van der Waals surface area contributed by atoms with Gasteiger partial charge in [0.25, 0.3) is 11.6 Å². The highest BCUT2D eigenvalue weighted by Crippen LogP contribution is 2.33. The molecule has 0 spiro atoms. The van der Waals surface area contributed by atoms with Gasteiger partial charge in [-0.15, -0.1) is 0 Å². The Bertz CT molecular complexity index is 1540. The molecular weight excluding hydrogens is 564 g/mol. The maximum Gasteiger partial charge on any atom is 0.338 e. The van der Waals surface area contributed by atoms with Gasteiger partial charge in [0, 0.05) is 28.9 Å². The first-order valence-corrected chi connectivity index (χ1v) is 12.8. The fourth-order valence-electron chi connectivity index (χ4n) is 3.89. The molecule has 0 aliphatic carbocycles. The standard InChI is InChI=1S/C30H23BrN2O6/c1-19-8-5-12-22(16-19)29(35)32-24-14-6-13-23(17-24)30(36)39-28(27(34)20-9-3-2-4-10-20)26(31)21-11-7-15-25(18-21)33(37)38/h2-18,26,28H,1H3,(H,32,35)/t26-,28-/m0/s1. The van der Waals surface area contributed by atoms with Crippen LogP contribution in [0.25, 0.3) is 0 Å². The van der Waals surface area contributed by atoms with Gasteiger partial charge in [0.1, 0.15) is 0 Å². The highest BCUT2D eigenvalue weighted by atomic mass is 79.9. The van der Waals surface area contributed by atoms with Crippen LogP contribution < -0.4 is 5.32 Å². The van der Waals surface area contributed by atoms with Crippen molar-refractivity contribution >= 4 is 45.0 Å². The van der Waals surface area contributed by atoms with Crippen LogP contribution in [0.15, 0.2) is 103 Å².